The van der Waals surface area contributed by atoms with Gasteiger partial charge in [-0.2, -0.15) is 0 Å². The molecule has 0 aromatic carbocycles. The molecule has 1 saturated heterocycles. The Kier molecular flexibility index (Phi) is 2.16. The van der Waals surface area contributed by atoms with Crippen molar-refractivity contribution < 1.29 is 9.15 Å². The van der Waals surface area contributed by atoms with Crippen LogP contribution in [0, 0.1) is 0 Å². The normalized spacial score (nSPS) is 24.6. The average Bonchev–Trinajstić information content (AvgIpc) is 2.53. The van der Waals surface area contributed by atoms with Gasteiger partial charge in [-0.25, -0.2) is 0 Å². The highest BCUT2D eigenvalue weighted by molar-refractivity contribution is 5.05. The second kappa shape index (κ2) is 3.18. The minimum Gasteiger partial charge on any atom is -0.472 e. The topological polar surface area (TPSA) is 25.7 Å². The predicted molar refractivity (Wildman–Crippen MR) is 50.6 cm³/mol. The van der Waals surface area contributed by atoms with Crippen molar-refractivity contribution in [3.8, 4) is 0 Å². The van der Waals surface area contributed by atoms with Gasteiger partial charge in [-0.3, -0.25) is 0 Å². The molecular formula is C11H16O2. The van der Waals surface area contributed by atoms with Crippen molar-refractivity contribution in [2.24, 2.45) is 0 Å². The first kappa shape index (κ1) is 8.82. The van der Waals surface area contributed by atoms with Crippen molar-refractivity contribution in [3.63, 3.8) is 0 Å². The molecule has 0 spiro atoms. The summed E-state index contributed by atoms with van der Waals surface area (Å²) in [5, 5.41) is 0. The fraction of sp³-hybridized carbons (Fsp3) is 0.636. The molecule has 1 aromatic heterocycles. The summed E-state index contributed by atoms with van der Waals surface area (Å²) in [5.41, 5.74) is 1.44. The molecule has 0 aliphatic carbocycles. The molecule has 1 unspecified atom stereocenters. The van der Waals surface area contributed by atoms with E-state index in [4.69, 9.17) is 9.15 Å². The van der Waals surface area contributed by atoms with Crippen LogP contribution >= 0.6 is 0 Å². The van der Waals surface area contributed by atoms with E-state index in [1.165, 1.54) is 12.0 Å². The number of aryl methyl sites for hydroxylation is 1. The molecule has 1 aliphatic rings. The Morgan fingerprint density at radius 3 is 2.77 bits per heavy atom. The Morgan fingerprint density at radius 1 is 1.46 bits per heavy atom. The van der Waals surface area contributed by atoms with Crippen molar-refractivity contribution in [2.45, 2.75) is 44.8 Å². The summed E-state index contributed by atoms with van der Waals surface area (Å²) in [6.45, 7) is 4.30. The zero-order chi connectivity index (χ0) is 9.31. The molecule has 2 nitrogen and oxygen atoms in total. The van der Waals surface area contributed by atoms with E-state index in [1.54, 1.807) is 6.26 Å². The van der Waals surface area contributed by atoms with Crippen molar-refractivity contribution in [3.05, 3.63) is 24.2 Å². The summed E-state index contributed by atoms with van der Waals surface area (Å²) in [7, 11) is 0. The third-order valence-corrected chi connectivity index (χ3v) is 2.68. The standard InChI is InChI=1S/C11H16O2/c1-11(2)10(13-11)5-3-4-9-6-7-12-8-9/h6-8,10H,3-5H2,1-2H3. The van der Waals surface area contributed by atoms with Gasteiger partial charge in [0.05, 0.1) is 24.2 Å². The van der Waals surface area contributed by atoms with Gasteiger partial charge < -0.3 is 9.15 Å². The van der Waals surface area contributed by atoms with Crippen molar-refractivity contribution in [1.29, 1.82) is 0 Å². The molecule has 1 fully saturated rings. The van der Waals surface area contributed by atoms with Crippen LogP contribution in [-0.2, 0) is 11.2 Å². The van der Waals surface area contributed by atoms with Gasteiger partial charge >= 0.3 is 0 Å². The van der Waals surface area contributed by atoms with E-state index in [0.717, 1.165) is 12.8 Å². The summed E-state index contributed by atoms with van der Waals surface area (Å²) < 4.78 is 10.5. The summed E-state index contributed by atoms with van der Waals surface area (Å²) in [4.78, 5) is 0. The number of rotatable bonds is 4. The maximum Gasteiger partial charge on any atom is 0.0934 e. The molecule has 2 heterocycles. The predicted octanol–water partition coefficient (Wildman–Crippen LogP) is 2.78. The van der Waals surface area contributed by atoms with Crippen molar-refractivity contribution in [2.75, 3.05) is 0 Å². The fourth-order valence-electron chi connectivity index (χ4n) is 1.67. The molecule has 0 N–H and O–H groups in total. The highest BCUT2D eigenvalue weighted by Gasteiger charge is 2.46. The lowest BCUT2D eigenvalue weighted by atomic mass is 10.0. The van der Waals surface area contributed by atoms with Crippen LogP contribution in [0.2, 0.25) is 0 Å². The molecule has 0 bridgehead atoms. The maximum absolute atomic E-state index is 5.50. The zero-order valence-electron chi connectivity index (χ0n) is 8.25. The third kappa shape index (κ3) is 2.13. The Labute approximate surface area is 78.9 Å². The van der Waals surface area contributed by atoms with Gasteiger partial charge in [0.1, 0.15) is 0 Å². The fourth-order valence-corrected chi connectivity index (χ4v) is 1.67. The van der Waals surface area contributed by atoms with Crippen LogP contribution in [0.15, 0.2) is 23.0 Å². The Bertz CT molecular complexity index is 262. The Balaban J connectivity index is 1.66. The van der Waals surface area contributed by atoms with E-state index in [-0.39, 0.29) is 5.60 Å². The summed E-state index contributed by atoms with van der Waals surface area (Å²) in [6.07, 6.45) is 7.49. The smallest absolute Gasteiger partial charge is 0.0934 e. The molecule has 1 atom stereocenters. The second-order valence-electron chi connectivity index (χ2n) is 4.23. The lowest BCUT2D eigenvalue weighted by Gasteiger charge is -1.96. The van der Waals surface area contributed by atoms with Gasteiger partial charge in [-0.1, -0.05) is 0 Å². The Morgan fingerprint density at radius 2 is 2.23 bits per heavy atom. The van der Waals surface area contributed by atoms with E-state index in [1.807, 2.05) is 12.3 Å². The first-order valence-electron chi connectivity index (χ1n) is 4.87. The first-order chi connectivity index (χ1) is 6.18. The molecule has 13 heavy (non-hydrogen) atoms. The van der Waals surface area contributed by atoms with Crippen LogP contribution in [0.1, 0.15) is 32.3 Å². The Hall–Kier alpha value is -0.760. The van der Waals surface area contributed by atoms with Crippen LogP contribution in [0.3, 0.4) is 0 Å². The first-order valence-corrected chi connectivity index (χ1v) is 4.87. The summed E-state index contributed by atoms with van der Waals surface area (Å²) in [5.74, 6) is 0. The van der Waals surface area contributed by atoms with Crippen LogP contribution in [0.4, 0.5) is 0 Å². The molecule has 0 amide bonds. The SMILES string of the molecule is CC1(C)OC1CCCc1ccoc1. The largest absolute Gasteiger partial charge is 0.472 e. The van der Waals surface area contributed by atoms with E-state index in [9.17, 15) is 0 Å². The minimum absolute atomic E-state index is 0.149. The molecule has 1 aliphatic heterocycles. The molecule has 0 radical (unpaired) electrons. The third-order valence-electron chi connectivity index (χ3n) is 2.68. The lowest BCUT2D eigenvalue weighted by Crippen LogP contribution is -2.02. The van der Waals surface area contributed by atoms with E-state index >= 15 is 0 Å². The van der Waals surface area contributed by atoms with Gasteiger partial charge in [0.25, 0.3) is 0 Å². The van der Waals surface area contributed by atoms with Crippen LogP contribution < -0.4 is 0 Å². The van der Waals surface area contributed by atoms with E-state index in [2.05, 4.69) is 13.8 Å². The quantitative estimate of drug-likeness (QED) is 0.666. The number of epoxide rings is 1. The molecule has 1 aromatic rings. The highest BCUT2D eigenvalue weighted by Crippen LogP contribution is 2.38. The van der Waals surface area contributed by atoms with Crippen LogP contribution in [0.25, 0.3) is 0 Å². The monoisotopic (exact) mass is 180 g/mol. The average molecular weight is 180 g/mol. The number of hydrogen-bond donors (Lipinski definition) is 0. The molecule has 0 saturated carbocycles. The summed E-state index contributed by atoms with van der Waals surface area (Å²) in [6, 6.07) is 2.03. The molecule has 2 heteroatoms. The second-order valence-corrected chi connectivity index (χ2v) is 4.23. The maximum atomic E-state index is 5.50. The van der Waals surface area contributed by atoms with Gasteiger partial charge in [0.15, 0.2) is 0 Å². The van der Waals surface area contributed by atoms with Gasteiger partial charge in [-0.15, -0.1) is 0 Å². The highest BCUT2D eigenvalue weighted by atomic mass is 16.6. The van der Waals surface area contributed by atoms with E-state index < -0.39 is 0 Å². The zero-order valence-corrected chi connectivity index (χ0v) is 8.25. The van der Waals surface area contributed by atoms with Gasteiger partial charge in [0, 0.05) is 0 Å². The van der Waals surface area contributed by atoms with Crippen molar-refractivity contribution in [1.82, 2.24) is 0 Å². The van der Waals surface area contributed by atoms with Crippen LogP contribution in [0.5, 0.6) is 0 Å². The van der Waals surface area contributed by atoms with Crippen LogP contribution in [-0.4, -0.2) is 11.7 Å². The van der Waals surface area contributed by atoms with Gasteiger partial charge in [-0.05, 0) is 44.7 Å². The lowest BCUT2D eigenvalue weighted by molar-refractivity contribution is 0.318. The van der Waals surface area contributed by atoms with Crippen molar-refractivity contribution >= 4 is 0 Å². The van der Waals surface area contributed by atoms with E-state index in [0.29, 0.717) is 6.10 Å². The molecule has 2 rings (SSSR count). The number of furan rings is 1. The molecule has 72 valence electrons. The summed E-state index contributed by atoms with van der Waals surface area (Å²) >= 11 is 0. The number of hydrogen-bond acceptors (Lipinski definition) is 2. The molecular weight excluding hydrogens is 164 g/mol. The minimum atomic E-state index is 0.149. The number of ether oxygens (including phenoxy) is 1. The van der Waals surface area contributed by atoms with Gasteiger partial charge in [0.2, 0.25) is 0 Å².